The lowest BCUT2D eigenvalue weighted by Crippen LogP contribution is -2.50. The number of carboxylic acids is 1. The van der Waals surface area contributed by atoms with Gasteiger partial charge in [-0.25, -0.2) is 9.78 Å². The molecule has 0 aliphatic carbocycles. The average molecular weight is 278 g/mol. The van der Waals surface area contributed by atoms with Crippen molar-refractivity contribution in [3.05, 3.63) is 12.0 Å². The van der Waals surface area contributed by atoms with E-state index < -0.39 is 11.5 Å². The molecule has 0 bridgehead atoms. The standard InChI is InChI=1S/C12H14N4O4/c1-7-8-9(13-6-14-10(8)20-16-7)15-12(11(17)18)2-4-19-5-3-12/h6H,2-5H2,1H3,(H,17,18)(H,13,14,15). The number of carbonyl (C=O) groups is 1. The van der Waals surface area contributed by atoms with E-state index in [1.807, 2.05) is 0 Å². The van der Waals surface area contributed by atoms with Gasteiger partial charge in [-0.3, -0.25) is 0 Å². The van der Waals surface area contributed by atoms with Gasteiger partial charge >= 0.3 is 5.97 Å². The molecule has 106 valence electrons. The molecule has 3 rings (SSSR count). The van der Waals surface area contributed by atoms with Crippen LogP contribution in [0.5, 0.6) is 0 Å². The third-order valence-electron chi connectivity index (χ3n) is 3.56. The summed E-state index contributed by atoms with van der Waals surface area (Å²) in [6, 6.07) is 0. The molecule has 1 fully saturated rings. The third kappa shape index (κ3) is 1.97. The molecule has 1 aliphatic heterocycles. The summed E-state index contributed by atoms with van der Waals surface area (Å²) in [7, 11) is 0. The Morgan fingerprint density at radius 2 is 2.15 bits per heavy atom. The van der Waals surface area contributed by atoms with Crippen molar-refractivity contribution in [2.24, 2.45) is 0 Å². The van der Waals surface area contributed by atoms with Gasteiger partial charge in [0, 0.05) is 26.1 Å². The molecule has 0 aromatic carbocycles. The number of nitrogens with one attached hydrogen (secondary N) is 1. The van der Waals surface area contributed by atoms with E-state index in [1.54, 1.807) is 6.92 Å². The van der Waals surface area contributed by atoms with Crippen molar-refractivity contribution < 1.29 is 19.2 Å². The molecule has 2 aromatic heterocycles. The summed E-state index contributed by atoms with van der Waals surface area (Å²) >= 11 is 0. The van der Waals surface area contributed by atoms with E-state index >= 15 is 0 Å². The monoisotopic (exact) mass is 278 g/mol. The molecule has 0 unspecified atom stereocenters. The van der Waals surface area contributed by atoms with Crippen molar-refractivity contribution in [3.63, 3.8) is 0 Å². The first-order valence-corrected chi connectivity index (χ1v) is 6.29. The van der Waals surface area contributed by atoms with Gasteiger partial charge in [-0.05, 0) is 6.92 Å². The Balaban J connectivity index is 2.02. The van der Waals surface area contributed by atoms with Gasteiger partial charge in [-0.1, -0.05) is 5.16 Å². The molecule has 3 heterocycles. The quantitative estimate of drug-likeness (QED) is 0.854. The van der Waals surface area contributed by atoms with Crippen LogP contribution in [0.1, 0.15) is 18.5 Å². The Hall–Kier alpha value is -2.22. The summed E-state index contributed by atoms with van der Waals surface area (Å²) in [6.07, 6.45) is 2.07. The number of nitrogens with zero attached hydrogens (tertiary/aromatic N) is 3. The summed E-state index contributed by atoms with van der Waals surface area (Å²) in [5.41, 5.74) is -0.119. The Bertz CT molecular complexity index is 648. The van der Waals surface area contributed by atoms with Crippen LogP contribution < -0.4 is 5.32 Å². The number of hydrogen-bond acceptors (Lipinski definition) is 7. The molecule has 8 heteroatoms. The summed E-state index contributed by atoms with van der Waals surface area (Å²) in [5.74, 6) is -0.486. The summed E-state index contributed by atoms with van der Waals surface area (Å²) < 4.78 is 10.3. The van der Waals surface area contributed by atoms with Gasteiger partial charge in [0.15, 0.2) is 0 Å². The van der Waals surface area contributed by atoms with Gasteiger partial charge < -0.3 is 19.7 Å². The minimum absolute atomic E-state index is 0.340. The van der Waals surface area contributed by atoms with Crippen LogP contribution in [0.3, 0.4) is 0 Å². The lowest BCUT2D eigenvalue weighted by Gasteiger charge is -2.34. The molecule has 20 heavy (non-hydrogen) atoms. The average Bonchev–Trinajstić information content (AvgIpc) is 2.83. The van der Waals surface area contributed by atoms with Crippen LogP contribution in [0.25, 0.3) is 11.1 Å². The second kappa shape index (κ2) is 4.71. The molecule has 1 saturated heterocycles. The number of carboxylic acid groups (broad SMARTS) is 1. The van der Waals surface area contributed by atoms with Crippen LogP contribution in [-0.2, 0) is 9.53 Å². The summed E-state index contributed by atoms with van der Waals surface area (Å²) in [4.78, 5) is 19.7. The van der Waals surface area contributed by atoms with Crippen molar-refractivity contribution >= 4 is 22.9 Å². The Morgan fingerprint density at radius 1 is 1.40 bits per heavy atom. The zero-order chi connectivity index (χ0) is 14.2. The van der Waals surface area contributed by atoms with Crippen molar-refractivity contribution in [3.8, 4) is 0 Å². The second-order valence-electron chi connectivity index (χ2n) is 4.80. The Morgan fingerprint density at radius 3 is 2.85 bits per heavy atom. The number of ether oxygens (including phenoxy) is 1. The van der Waals surface area contributed by atoms with E-state index in [0.29, 0.717) is 48.7 Å². The van der Waals surface area contributed by atoms with E-state index in [1.165, 1.54) is 6.33 Å². The fraction of sp³-hybridized carbons (Fsp3) is 0.500. The Kier molecular flexibility index (Phi) is 3.01. The molecule has 1 aliphatic rings. The van der Waals surface area contributed by atoms with Gasteiger partial charge in [0.2, 0.25) is 0 Å². The molecule has 0 spiro atoms. The van der Waals surface area contributed by atoms with Crippen molar-refractivity contribution in [2.75, 3.05) is 18.5 Å². The van der Waals surface area contributed by atoms with E-state index in [4.69, 9.17) is 9.26 Å². The lowest BCUT2D eigenvalue weighted by molar-refractivity contribution is -0.145. The molecule has 0 amide bonds. The number of rotatable bonds is 3. The minimum Gasteiger partial charge on any atom is -0.480 e. The SMILES string of the molecule is Cc1noc2ncnc(NC3(C(=O)O)CCOCC3)c12. The predicted octanol–water partition coefficient (Wildman–Crippen LogP) is 0.972. The number of fused-ring (bicyclic) bond motifs is 1. The summed E-state index contributed by atoms with van der Waals surface area (Å²) in [5, 5.41) is 17.0. The van der Waals surface area contributed by atoms with Crippen LogP contribution in [0.4, 0.5) is 5.82 Å². The first kappa shape index (κ1) is 12.8. The fourth-order valence-electron chi connectivity index (χ4n) is 2.36. The van der Waals surface area contributed by atoms with Crippen LogP contribution in [-0.4, -0.2) is 45.0 Å². The Labute approximate surface area is 114 Å². The highest BCUT2D eigenvalue weighted by molar-refractivity contribution is 5.91. The van der Waals surface area contributed by atoms with E-state index in [0.717, 1.165) is 0 Å². The molecular formula is C12H14N4O4. The van der Waals surface area contributed by atoms with E-state index in [2.05, 4.69) is 20.4 Å². The zero-order valence-corrected chi connectivity index (χ0v) is 10.9. The topological polar surface area (TPSA) is 110 Å². The van der Waals surface area contributed by atoms with Crippen LogP contribution >= 0.6 is 0 Å². The molecule has 2 N–H and O–H groups in total. The van der Waals surface area contributed by atoms with E-state index in [-0.39, 0.29) is 0 Å². The highest BCUT2D eigenvalue weighted by Gasteiger charge is 2.41. The molecule has 0 atom stereocenters. The molecule has 8 nitrogen and oxygen atoms in total. The van der Waals surface area contributed by atoms with Gasteiger partial charge in [0.25, 0.3) is 5.71 Å². The maximum absolute atomic E-state index is 11.6. The van der Waals surface area contributed by atoms with Crippen molar-refractivity contribution in [2.45, 2.75) is 25.3 Å². The maximum atomic E-state index is 11.6. The van der Waals surface area contributed by atoms with Crippen LogP contribution in [0.2, 0.25) is 0 Å². The maximum Gasteiger partial charge on any atom is 0.329 e. The number of anilines is 1. The van der Waals surface area contributed by atoms with Gasteiger partial charge in [0.05, 0.1) is 5.69 Å². The normalized spacial score (nSPS) is 18.1. The highest BCUT2D eigenvalue weighted by atomic mass is 16.5. The van der Waals surface area contributed by atoms with E-state index in [9.17, 15) is 9.90 Å². The molecular weight excluding hydrogens is 264 g/mol. The van der Waals surface area contributed by atoms with Gasteiger partial charge in [-0.15, -0.1) is 0 Å². The lowest BCUT2D eigenvalue weighted by atomic mass is 9.90. The van der Waals surface area contributed by atoms with Crippen LogP contribution in [0, 0.1) is 6.92 Å². The first-order valence-electron chi connectivity index (χ1n) is 6.29. The first-order chi connectivity index (χ1) is 9.62. The molecule has 0 saturated carbocycles. The number of hydrogen-bond donors (Lipinski definition) is 2. The molecule has 2 aromatic rings. The zero-order valence-electron chi connectivity index (χ0n) is 10.9. The smallest absolute Gasteiger partial charge is 0.329 e. The number of aliphatic carboxylic acids is 1. The van der Waals surface area contributed by atoms with Crippen molar-refractivity contribution in [1.82, 2.24) is 15.1 Å². The summed E-state index contributed by atoms with van der Waals surface area (Å²) in [6.45, 7) is 2.56. The minimum atomic E-state index is -1.08. The van der Waals surface area contributed by atoms with Gasteiger partial charge in [0.1, 0.15) is 23.1 Å². The second-order valence-corrected chi connectivity index (χ2v) is 4.80. The number of aryl methyl sites for hydroxylation is 1. The third-order valence-corrected chi connectivity index (χ3v) is 3.56. The fourth-order valence-corrected chi connectivity index (χ4v) is 2.36. The van der Waals surface area contributed by atoms with Gasteiger partial charge in [-0.2, -0.15) is 4.98 Å². The largest absolute Gasteiger partial charge is 0.480 e. The predicted molar refractivity (Wildman–Crippen MR) is 68.4 cm³/mol. The number of aromatic nitrogens is 3. The van der Waals surface area contributed by atoms with Crippen LogP contribution in [0.15, 0.2) is 10.9 Å². The molecule has 0 radical (unpaired) electrons. The van der Waals surface area contributed by atoms with Crippen molar-refractivity contribution in [1.29, 1.82) is 0 Å². The highest BCUT2D eigenvalue weighted by Crippen LogP contribution is 2.30.